The van der Waals surface area contributed by atoms with Crippen LogP contribution in [0.4, 0.5) is 5.69 Å². The lowest BCUT2D eigenvalue weighted by Crippen LogP contribution is -2.32. The van der Waals surface area contributed by atoms with Crippen molar-refractivity contribution in [1.29, 1.82) is 0 Å². The van der Waals surface area contributed by atoms with E-state index in [2.05, 4.69) is 26.6 Å². The van der Waals surface area contributed by atoms with Crippen LogP contribution in [0.1, 0.15) is 10.4 Å². The highest BCUT2D eigenvalue weighted by molar-refractivity contribution is 9.10. The number of anilines is 1. The fourth-order valence-corrected chi connectivity index (χ4v) is 2.71. The molecule has 0 aliphatic rings. The second kappa shape index (κ2) is 8.45. The fourth-order valence-electron chi connectivity index (χ4n) is 2.45. The number of rotatable bonds is 5. The summed E-state index contributed by atoms with van der Waals surface area (Å²) in [5, 5.41) is 5.36. The van der Waals surface area contributed by atoms with Gasteiger partial charge in [0.25, 0.3) is 5.91 Å². The van der Waals surface area contributed by atoms with Gasteiger partial charge in [0.1, 0.15) is 0 Å². The zero-order valence-corrected chi connectivity index (χ0v) is 15.5. The summed E-state index contributed by atoms with van der Waals surface area (Å²) in [7, 11) is 0. The molecule has 0 saturated heterocycles. The van der Waals surface area contributed by atoms with Gasteiger partial charge >= 0.3 is 0 Å². The van der Waals surface area contributed by atoms with E-state index in [0.29, 0.717) is 11.3 Å². The summed E-state index contributed by atoms with van der Waals surface area (Å²) < 4.78 is 0.933. The van der Waals surface area contributed by atoms with Crippen molar-refractivity contribution in [3.8, 4) is 11.1 Å². The molecule has 0 aromatic heterocycles. The smallest absolute Gasteiger partial charge is 0.251 e. The summed E-state index contributed by atoms with van der Waals surface area (Å²) in [5.41, 5.74) is 3.32. The van der Waals surface area contributed by atoms with E-state index in [-0.39, 0.29) is 18.4 Å². The third-order valence-electron chi connectivity index (χ3n) is 3.79. The Morgan fingerprint density at radius 2 is 1.38 bits per heavy atom. The zero-order valence-electron chi connectivity index (χ0n) is 13.9. The maximum atomic E-state index is 12.2. The average molecular weight is 409 g/mol. The molecule has 0 fully saturated rings. The van der Waals surface area contributed by atoms with E-state index in [4.69, 9.17) is 0 Å². The van der Waals surface area contributed by atoms with Crippen molar-refractivity contribution in [2.45, 2.75) is 0 Å². The van der Waals surface area contributed by atoms with Crippen molar-refractivity contribution in [3.05, 3.63) is 88.9 Å². The van der Waals surface area contributed by atoms with Crippen LogP contribution in [-0.4, -0.2) is 18.4 Å². The molecule has 3 aromatic carbocycles. The molecule has 0 bridgehead atoms. The van der Waals surface area contributed by atoms with Crippen molar-refractivity contribution < 1.29 is 9.59 Å². The van der Waals surface area contributed by atoms with Crippen LogP contribution in [0, 0.1) is 0 Å². The molecule has 0 unspecified atom stereocenters. The van der Waals surface area contributed by atoms with Crippen LogP contribution in [0.3, 0.4) is 0 Å². The maximum absolute atomic E-state index is 12.2. The van der Waals surface area contributed by atoms with Gasteiger partial charge in [-0.1, -0.05) is 58.4 Å². The predicted octanol–water partition coefficient (Wildman–Crippen LogP) is 4.48. The number of benzene rings is 3. The van der Waals surface area contributed by atoms with Crippen molar-refractivity contribution in [3.63, 3.8) is 0 Å². The Bertz CT molecular complexity index is 892. The molecule has 4 nitrogen and oxygen atoms in total. The zero-order chi connectivity index (χ0) is 18.4. The maximum Gasteiger partial charge on any atom is 0.251 e. The number of carbonyl (C=O) groups excluding carboxylic acids is 2. The highest BCUT2D eigenvalue weighted by atomic mass is 79.9. The van der Waals surface area contributed by atoms with Crippen molar-refractivity contribution in [1.82, 2.24) is 5.32 Å². The largest absolute Gasteiger partial charge is 0.343 e. The molecule has 130 valence electrons. The number of amides is 2. The average Bonchev–Trinajstić information content (AvgIpc) is 2.69. The van der Waals surface area contributed by atoms with Gasteiger partial charge in [0.15, 0.2) is 0 Å². The van der Waals surface area contributed by atoms with Crippen LogP contribution in [-0.2, 0) is 4.79 Å². The van der Waals surface area contributed by atoms with E-state index in [1.165, 1.54) is 0 Å². The van der Waals surface area contributed by atoms with E-state index >= 15 is 0 Å². The Kier molecular flexibility index (Phi) is 5.81. The Morgan fingerprint density at radius 1 is 0.769 bits per heavy atom. The van der Waals surface area contributed by atoms with Gasteiger partial charge in [0.2, 0.25) is 5.91 Å². The molecule has 3 aromatic rings. The molecule has 0 heterocycles. The molecule has 0 aliphatic carbocycles. The SMILES string of the molecule is O=C(CNC(=O)c1ccc(-c2ccccc2)cc1)Nc1ccc(Br)cc1. The number of hydrogen-bond acceptors (Lipinski definition) is 2. The van der Waals surface area contributed by atoms with Crippen LogP contribution >= 0.6 is 15.9 Å². The summed E-state index contributed by atoms with van der Waals surface area (Å²) in [6, 6.07) is 24.5. The van der Waals surface area contributed by atoms with Gasteiger partial charge in [-0.25, -0.2) is 0 Å². The monoisotopic (exact) mass is 408 g/mol. The first-order chi connectivity index (χ1) is 12.6. The van der Waals surface area contributed by atoms with Gasteiger partial charge < -0.3 is 10.6 Å². The van der Waals surface area contributed by atoms with E-state index in [1.807, 2.05) is 54.6 Å². The van der Waals surface area contributed by atoms with Crippen LogP contribution in [0.25, 0.3) is 11.1 Å². The van der Waals surface area contributed by atoms with Crippen LogP contribution in [0.2, 0.25) is 0 Å². The second-order valence-electron chi connectivity index (χ2n) is 5.68. The summed E-state index contributed by atoms with van der Waals surface area (Å²) >= 11 is 3.34. The Hall–Kier alpha value is -2.92. The molecule has 2 N–H and O–H groups in total. The molecule has 0 saturated carbocycles. The van der Waals surface area contributed by atoms with E-state index < -0.39 is 0 Å². The third kappa shape index (κ3) is 4.80. The normalized spacial score (nSPS) is 10.2. The number of halogens is 1. The number of nitrogens with one attached hydrogen (secondary N) is 2. The highest BCUT2D eigenvalue weighted by Crippen LogP contribution is 2.19. The molecule has 26 heavy (non-hydrogen) atoms. The molecule has 0 aliphatic heterocycles. The molecule has 2 amide bonds. The first kappa shape index (κ1) is 17.9. The van der Waals surface area contributed by atoms with Gasteiger partial charge in [0.05, 0.1) is 6.54 Å². The van der Waals surface area contributed by atoms with Crippen LogP contribution in [0.15, 0.2) is 83.3 Å². The minimum atomic E-state index is -0.282. The molecule has 5 heteroatoms. The minimum Gasteiger partial charge on any atom is -0.343 e. The van der Waals surface area contributed by atoms with Crippen LogP contribution < -0.4 is 10.6 Å². The molecule has 0 radical (unpaired) electrons. The molecular weight excluding hydrogens is 392 g/mol. The van der Waals surface area contributed by atoms with Crippen molar-refractivity contribution in [2.24, 2.45) is 0 Å². The molecule has 3 rings (SSSR count). The Balaban J connectivity index is 1.54. The van der Waals surface area contributed by atoms with Gasteiger partial charge in [0, 0.05) is 15.7 Å². The van der Waals surface area contributed by atoms with E-state index in [0.717, 1.165) is 15.6 Å². The fraction of sp³-hybridized carbons (Fsp3) is 0.0476. The lowest BCUT2D eigenvalue weighted by Gasteiger charge is -2.08. The summed E-state index contributed by atoms with van der Waals surface area (Å²) in [5.74, 6) is -0.558. The lowest BCUT2D eigenvalue weighted by molar-refractivity contribution is -0.115. The standard InChI is InChI=1S/C21H17BrN2O2/c22-18-10-12-19(13-11-18)24-20(25)14-23-21(26)17-8-6-16(7-9-17)15-4-2-1-3-5-15/h1-13H,14H2,(H,23,26)(H,24,25). The first-order valence-electron chi connectivity index (χ1n) is 8.11. The van der Waals surface area contributed by atoms with E-state index in [9.17, 15) is 9.59 Å². The summed E-state index contributed by atoms with van der Waals surface area (Å²) in [6.45, 7) is -0.0880. The summed E-state index contributed by atoms with van der Waals surface area (Å²) in [4.78, 5) is 24.1. The van der Waals surface area contributed by atoms with Gasteiger partial charge in [-0.3, -0.25) is 9.59 Å². The second-order valence-corrected chi connectivity index (χ2v) is 6.60. The van der Waals surface area contributed by atoms with E-state index in [1.54, 1.807) is 24.3 Å². The predicted molar refractivity (Wildman–Crippen MR) is 107 cm³/mol. The minimum absolute atomic E-state index is 0.0880. The van der Waals surface area contributed by atoms with Gasteiger partial charge in [-0.15, -0.1) is 0 Å². The van der Waals surface area contributed by atoms with Crippen molar-refractivity contribution in [2.75, 3.05) is 11.9 Å². The Labute approximate surface area is 160 Å². The molecule has 0 atom stereocenters. The Morgan fingerprint density at radius 3 is 2.04 bits per heavy atom. The number of carbonyl (C=O) groups is 2. The van der Waals surface area contributed by atoms with Gasteiger partial charge in [-0.05, 0) is 47.5 Å². The molecule has 0 spiro atoms. The quantitative estimate of drug-likeness (QED) is 0.653. The van der Waals surface area contributed by atoms with Crippen LogP contribution in [0.5, 0.6) is 0 Å². The number of hydrogen-bond donors (Lipinski definition) is 2. The molecular formula is C21H17BrN2O2. The summed E-state index contributed by atoms with van der Waals surface area (Å²) in [6.07, 6.45) is 0. The topological polar surface area (TPSA) is 58.2 Å². The highest BCUT2D eigenvalue weighted by Gasteiger charge is 2.08. The van der Waals surface area contributed by atoms with Gasteiger partial charge in [-0.2, -0.15) is 0 Å². The van der Waals surface area contributed by atoms with Crippen molar-refractivity contribution >= 4 is 33.4 Å². The third-order valence-corrected chi connectivity index (χ3v) is 4.32. The lowest BCUT2D eigenvalue weighted by atomic mass is 10.0. The first-order valence-corrected chi connectivity index (χ1v) is 8.90.